The van der Waals surface area contributed by atoms with Crippen molar-refractivity contribution in [3.05, 3.63) is 71.3 Å². The first-order valence-electron chi connectivity index (χ1n) is 9.82. The van der Waals surface area contributed by atoms with E-state index in [1.54, 1.807) is 6.07 Å². The molecule has 4 nitrogen and oxygen atoms in total. The van der Waals surface area contributed by atoms with Crippen LogP contribution < -0.4 is 0 Å². The van der Waals surface area contributed by atoms with Gasteiger partial charge in [-0.15, -0.1) is 0 Å². The molecule has 2 aromatic carbocycles. The highest BCUT2D eigenvalue weighted by Crippen LogP contribution is 2.36. The van der Waals surface area contributed by atoms with Crippen LogP contribution in [0.15, 0.2) is 48.5 Å². The average Bonchev–Trinajstić information content (AvgIpc) is 2.73. The number of rotatable bonds is 4. The number of morpholine rings is 1. The van der Waals surface area contributed by atoms with E-state index in [1.807, 2.05) is 30.3 Å². The van der Waals surface area contributed by atoms with Gasteiger partial charge in [-0.05, 0) is 29.7 Å². The van der Waals surface area contributed by atoms with Crippen molar-refractivity contribution in [2.45, 2.75) is 24.6 Å². The third-order valence-corrected chi connectivity index (χ3v) is 5.94. The Bertz CT molecular complexity index is 798. The average molecular weight is 388 g/mol. The molecule has 150 valence electrons. The molecule has 0 bridgehead atoms. The molecule has 0 aromatic heterocycles. The second kappa shape index (κ2) is 8.25. The molecule has 2 saturated heterocycles. The summed E-state index contributed by atoms with van der Waals surface area (Å²) < 4.78 is 32.3. The van der Waals surface area contributed by atoms with Crippen LogP contribution in [0, 0.1) is 11.6 Å². The highest BCUT2D eigenvalue weighted by Gasteiger charge is 2.45. The van der Waals surface area contributed by atoms with Gasteiger partial charge in [0.15, 0.2) is 11.6 Å². The van der Waals surface area contributed by atoms with Crippen molar-refractivity contribution in [3.63, 3.8) is 0 Å². The molecule has 0 aliphatic carbocycles. The summed E-state index contributed by atoms with van der Waals surface area (Å²) in [6, 6.07) is 13.8. The van der Waals surface area contributed by atoms with Gasteiger partial charge in [0.25, 0.3) is 0 Å². The fourth-order valence-corrected chi connectivity index (χ4v) is 4.39. The molecule has 0 amide bonds. The zero-order valence-electron chi connectivity index (χ0n) is 15.9. The number of ether oxygens (including phenoxy) is 1. The van der Waals surface area contributed by atoms with Crippen molar-refractivity contribution < 1.29 is 18.6 Å². The Kier molecular flexibility index (Phi) is 5.73. The topological polar surface area (TPSA) is 35.9 Å². The molecule has 2 heterocycles. The third kappa shape index (κ3) is 3.96. The summed E-state index contributed by atoms with van der Waals surface area (Å²) in [6.07, 6.45) is 0.586. The number of aliphatic hydroxyl groups is 1. The molecule has 2 aliphatic rings. The van der Waals surface area contributed by atoms with Crippen LogP contribution in [0.2, 0.25) is 0 Å². The first kappa shape index (κ1) is 19.5. The van der Waals surface area contributed by atoms with E-state index in [4.69, 9.17) is 4.74 Å². The van der Waals surface area contributed by atoms with E-state index < -0.39 is 17.2 Å². The fourth-order valence-electron chi connectivity index (χ4n) is 4.39. The maximum absolute atomic E-state index is 13.6. The van der Waals surface area contributed by atoms with Crippen LogP contribution in [0.1, 0.15) is 17.5 Å². The lowest BCUT2D eigenvalue weighted by molar-refractivity contribution is -0.119. The number of nitrogens with zero attached hydrogens (tertiary/aromatic N) is 2. The molecular weight excluding hydrogens is 362 g/mol. The largest absolute Gasteiger partial charge is 0.383 e. The molecule has 2 aliphatic heterocycles. The normalized spacial score (nSPS) is 27.0. The maximum Gasteiger partial charge on any atom is 0.159 e. The minimum absolute atomic E-state index is 0.0853. The Morgan fingerprint density at radius 2 is 1.75 bits per heavy atom. The molecule has 4 rings (SSSR count). The Morgan fingerprint density at radius 3 is 2.46 bits per heavy atom. The SMILES string of the molecule is O[C@]1(c2ccccc2)CCN(Cc2ccc(F)c(F)c2)C[C@H]1N1CCOCC1. The van der Waals surface area contributed by atoms with E-state index in [9.17, 15) is 13.9 Å². The summed E-state index contributed by atoms with van der Waals surface area (Å²) in [4.78, 5) is 4.51. The van der Waals surface area contributed by atoms with Gasteiger partial charge < -0.3 is 9.84 Å². The van der Waals surface area contributed by atoms with Crippen LogP contribution >= 0.6 is 0 Å². The zero-order valence-corrected chi connectivity index (χ0v) is 15.9. The molecule has 6 heteroatoms. The smallest absolute Gasteiger partial charge is 0.159 e. The summed E-state index contributed by atoms with van der Waals surface area (Å²) in [5.41, 5.74) is 0.729. The first-order chi connectivity index (χ1) is 13.6. The molecule has 0 saturated carbocycles. The van der Waals surface area contributed by atoms with Gasteiger partial charge in [0, 0.05) is 32.7 Å². The van der Waals surface area contributed by atoms with Gasteiger partial charge in [0.2, 0.25) is 0 Å². The summed E-state index contributed by atoms with van der Waals surface area (Å²) in [6.45, 7) is 4.74. The highest BCUT2D eigenvalue weighted by molar-refractivity contribution is 5.26. The second-order valence-electron chi connectivity index (χ2n) is 7.69. The lowest BCUT2D eigenvalue weighted by Gasteiger charge is -2.50. The van der Waals surface area contributed by atoms with Gasteiger partial charge in [-0.2, -0.15) is 0 Å². The van der Waals surface area contributed by atoms with Crippen molar-refractivity contribution in [2.24, 2.45) is 0 Å². The Hall–Kier alpha value is -1.86. The van der Waals surface area contributed by atoms with Crippen LogP contribution in [0.25, 0.3) is 0 Å². The van der Waals surface area contributed by atoms with Gasteiger partial charge in [0.05, 0.1) is 19.3 Å². The maximum atomic E-state index is 13.6. The van der Waals surface area contributed by atoms with Crippen molar-refractivity contribution in [3.8, 4) is 0 Å². The van der Waals surface area contributed by atoms with Crippen LogP contribution in [-0.4, -0.2) is 60.3 Å². The molecule has 0 unspecified atom stereocenters. The predicted molar refractivity (Wildman–Crippen MR) is 103 cm³/mol. The number of hydrogen-bond acceptors (Lipinski definition) is 4. The van der Waals surface area contributed by atoms with E-state index in [2.05, 4.69) is 9.80 Å². The van der Waals surface area contributed by atoms with Crippen LogP contribution in [0.5, 0.6) is 0 Å². The third-order valence-electron chi connectivity index (χ3n) is 5.94. The van der Waals surface area contributed by atoms with E-state index in [0.29, 0.717) is 39.3 Å². The Morgan fingerprint density at radius 1 is 1.00 bits per heavy atom. The molecule has 2 atom stereocenters. The predicted octanol–water partition coefficient (Wildman–Crippen LogP) is 2.76. The van der Waals surface area contributed by atoms with Crippen molar-refractivity contribution >= 4 is 0 Å². The Labute approximate surface area is 164 Å². The van der Waals surface area contributed by atoms with E-state index in [1.165, 1.54) is 12.1 Å². The lowest BCUT2D eigenvalue weighted by atomic mass is 9.79. The van der Waals surface area contributed by atoms with E-state index in [-0.39, 0.29) is 6.04 Å². The Balaban J connectivity index is 1.56. The molecule has 0 radical (unpaired) electrons. The monoisotopic (exact) mass is 388 g/mol. The van der Waals surface area contributed by atoms with Gasteiger partial charge in [0.1, 0.15) is 5.60 Å². The van der Waals surface area contributed by atoms with Gasteiger partial charge in [-0.25, -0.2) is 8.78 Å². The van der Waals surface area contributed by atoms with Gasteiger partial charge >= 0.3 is 0 Å². The van der Waals surface area contributed by atoms with Gasteiger partial charge in [-0.3, -0.25) is 9.80 Å². The van der Waals surface area contributed by atoms with Crippen LogP contribution in [0.4, 0.5) is 8.78 Å². The first-order valence-corrected chi connectivity index (χ1v) is 9.82. The molecule has 2 aromatic rings. The molecule has 0 spiro atoms. The van der Waals surface area contributed by atoms with Crippen molar-refractivity contribution in [1.29, 1.82) is 0 Å². The minimum atomic E-state index is -0.941. The summed E-state index contributed by atoms with van der Waals surface area (Å²) in [5.74, 6) is -1.65. The number of halogens is 2. The number of likely N-dealkylation sites (tertiary alicyclic amines) is 1. The van der Waals surface area contributed by atoms with E-state index >= 15 is 0 Å². The van der Waals surface area contributed by atoms with Crippen LogP contribution in [0.3, 0.4) is 0 Å². The number of benzene rings is 2. The highest BCUT2D eigenvalue weighted by atomic mass is 19.2. The number of piperidine rings is 1. The van der Waals surface area contributed by atoms with Crippen molar-refractivity contribution in [1.82, 2.24) is 9.80 Å². The summed E-state index contributed by atoms with van der Waals surface area (Å²) in [7, 11) is 0. The minimum Gasteiger partial charge on any atom is -0.383 e. The molecule has 1 N–H and O–H groups in total. The van der Waals surface area contributed by atoms with E-state index in [0.717, 1.165) is 24.2 Å². The number of hydrogen-bond donors (Lipinski definition) is 1. The van der Waals surface area contributed by atoms with Crippen LogP contribution in [-0.2, 0) is 16.9 Å². The molecule has 2 fully saturated rings. The lowest BCUT2D eigenvalue weighted by Crippen LogP contribution is -2.62. The van der Waals surface area contributed by atoms with Crippen molar-refractivity contribution in [2.75, 3.05) is 39.4 Å². The summed E-state index contributed by atoms with van der Waals surface area (Å²) >= 11 is 0. The standard InChI is InChI=1S/C22H26F2N2O2/c23-19-7-6-17(14-20(19)24)15-25-9-8-22(27,18-4-2-1-3-5-18)21(16-25)26-10-12-28-13-11-26/h1-7,14,21,27H,8-13,15-16H2/t21-,22+/m1/s1. The fraction of sp³-hybridized carbons (Fsp3) is 0.455. The zero-order chi connectivity index (χ0) is 19.6. The molecular formula is C22H26F2N2O2. The summed E-state index contributed by atoms with van der Waals surface area (Å²) in [5, 5.41) is 11.7. The quantitative estimate of drug-likeness (QED) is 0.874. The second-order valence-corrected chi connectivity index (χ2v) is 7.69. The molecule has 28 heavy (non-hydrogen) atoms. The van der Waals surface area contributed by atoms with Gasteiger partial charge in [-0.1, -0.05) is 36.4 Å².